The third-order valence-electron chi connectivity index (χ3n) is 2.20. The van der Waals surface area contributed by atoms with Gasteiger partial charge < -0.3 is 5.73 Å². The lowest BCUT2D eigenvalue weighted by Gasteiger charge is -1.96. The number of allylic oxidation sites excluding steroid dienone is 5. The fourth-order valence-corrected chi connectivity index (χ4v) is 1.42. The number of nitrogen functional groups attached to an aromatic ring is 1. The fourth-order valence-electron chi connectivity index (χ4n) is 1.42. The highest BCUT2D eigenvalue weighted by atomic mass is 14.5. The summed E-state index contributed by atoms with van der Waals surface area (Å²) in [5.74, 6) is 0. The Bertz CT molecular complexity index is 394. The number of hydrogen-bond acceptors (Lipinski definition) is 1. The summed E-state index contributed by atoms with van der Waals surface area (Å²) >= 11 is 0. The number of benzene rings is 1. The SMILES string of the molecule is C/C=C\C(C=Cc1ccc(N)cc1)=C/CC. The summed E-state index contributed by atoms with van der Waals surface area (Å²) in [6, 6.07) is 7.87. The van der Waals surface area contributed by atoms with Crippen LogP contribution in [0.4, 0.5) is 5.69 Å². The van der Waals surface area contributed by atoms with E-state index in [-0.39, 0.29) is 0 Å². The average molecular weight is 213 g/mol. The van der Waals surface area contributed by atoms with Gasteiger partial charge in [0.2, 0.25) is 0 Å². The quantitative estimate of drug-likeness (QED) is 0.589. The number of hydrogen-bond donors (Lipinski definition) is 1. The molecule has 16 heavy (non-hydrogen) atoms. The molecule has 0 spiro atoms. The van der Waals surface area contributed by atoms with Crippen LogP contribution in [0, 0.1) is 0 Å². The van der Waals surface area contributed by atoms with E-state index in [0.29, 0.717) is 0 Å². The summed E-state index contributed by atoms with van der Waals surface area (Å²) in [5, 5.41) is 0. The lowest BCUT2D eigenvalue weighted by molar-refractivity contribution is 1.21. The Morgan fingerprint density at radius 1 is 1.19 bits per heavy atom. The second-order valence-electron chi connectivity index (χ2n) is 3.61. The Labute approximate surface area is 98.0 Å². The minimum Gasteiger partial charge on any atom is -0.399 e. The maximum absolute atomic E-state index is 5.63. The van der Waals surface area contributed by atoms with Gasteiger partial charge in [0.25, 0.3) is 0 Å². The van der Waals surface area contributed by atoms with Crippen LogP contribution in [-0.2, 0) is 0 Å². The molecule has 1 nitrogen and oxygen atoms in total. The standard InChI is InChI=1S/C15H19N/c1-3-5-13(6-4-2)7-8-14-9-11-15(16)12-10-14/h3,5-12H,4,16H2,1-2H3/b5-3-,8-7?,13-6+. The van der Waals surface area contributed by atoms with Crippen LogP contribution < -0.4 is 5.73 Å². The van der Waals surface area contributed by atoms with Crippen molar-refractivity contribution in [1.82, 2.24) is 0 Å². The minimum absolute atomic E-state index is 0.801. The van der Waals surface area contributed by atoms with E-state index in [1.54, 1.807) is 0 Å². The van der Waals surface area contributed by atoms with Crippen LogP contribution in [0.3, 0.4) is 0 Å². The summed E-state index contributed by atoms with van der Waals surface area (Å²) in [6.45, 7) is 4.17. The molecule has 0 amide bonds. The van der Waals surface area contributed by atoms with Crippen molar-refractivity contribution in [3.8, 4) is 0 Å². The molecule has 0 atom stereocenters. The van der Waals surface area contributed by atoms with Crippen LogP contribution in [0.5, 0.6) is 0 Å². The average Bonchev–Trinajstić information content (AvgIpc) is 2.29. The maximum Gasteiger partial charge on any atom is 0.0314 e. The lowest BCUT2D eigenvalue weighted by Crippen LogP contribution is -1.82. The van der Waals surface area contributed by atoms with Crippen LogP contribution in [0.25, 0.3) is 6.08 Å². The molecule has 1 rings (SSSR count). The van der Waals surface area contributed by atoms with Crippen molar-refractivity contribution < 1.29 is 0 Å². The Kier molecular flexibility index (Phi) is 5.13. The van der Waals surface area contributed by atoms with Crippen molar-refractivity contribution in [2.45, 2.75) is 20.3 Å². The monoisotopic (exact) mass is 213 g/mol. The molecule has 0 bridgehead atoms. The smallest absolute Gasteiger partial charge is 0.0314 e. The molecule has 0 aliphatic heterocycles. The molecule has 1 heteroatoms. The zero-order valence-corrected chi connectivity index (χ0v) is 9.98. The third kappa shape index (κ3) is 4.18. The zero-order chi connectivity index (χ0) is 11.8. The van der Waals surface area contributed by atoms with E-state index in [1.165, 1.54) is 11.1 Å². The number of nitrogens with two attached hydrogens (primary N) is 1. The van der Waals surface area contributed by atoms with Crippen molar-refractivity contribution in [2.75, 3.05) is 5.73 Å². The van der Waals surface area contributed by atoms with Gasteiger partial charge in [0, 0.05) is 5.69 Å². The summed E-state index contributed by atoms with van der Waals surface area (Å²) in [4.78, 5) is 0. The molecule has 1 aromatic carbocycles. The normalized spacial score (nSPS) is 12.8. The Morgan fingerprint density at radius 3 is 2.44 bits per heavy atom. The van der Waals surface area contributed by atoms with Gasteiger partial charge in [-0.1, -0.05) is 49.4 Å². The highest BCUT2D eigenvalue weighted by Crippen LogP contribution is 2.10. The Hall–Kier alpha value is -1.76. The van der Waals surface area contributed by atoms with Gasteiger partial charge in [-0.05, 0) is 36.6 Å². The Balaban J connectivity index is 2.78. The predicted molar refractivity (Wildman–Crippen MR) is 73.1 cm³/mol. The van der Waals surface area contributed by atoms with E-state index >= 15 is 0 Å². The highest BCUT2D eigenvalue weighted by Gasteiger charge is 1.88. The molecule has 2 N–H and O–H groups in total. The molecule has 0 aliphatic rings. The second kappa shape index (κ2) is 6.67. The number of anilines is 1. The van der Waals surface area contributed by atoms with Gasteiger partial charge in [0.15, 0.2) is 0 Å². The zero-order valence-electron chi connectivity index (χ0n) is 9.98. The summed E-state index contributed by atoms with van der Waals surface area (Å²) in [5.41, 5.74) is 8.84. The molecule has 0 aliphatic carbocycles. The first kappa shape index (κ1) is 12.3. The summed E-state index contributed by atoms with van der Waals surface area (Å²) < 4.78 is 0. The van der Waals surface area contributed by atoms with E-state index in [1.807, 2.05) is 31.2 Å². The molecule has 1 aromatic rings. The van der Waals surface area contributed by atoms with Gasteiger partial charge in [-0.25, -0.2) is 0 Å². The van der Waals surface area contributed by atoms with Crippen molar-refractivity contribution in [3.63, 3.8) is 0 Å². The van der Waals surface area contributed by atoms with E-state index < -0.39 is 0 Å². The molecule has 84 valence electrons. The van der Waals surface area contributed by atoms with Crippen molar-refractivity contribution >= 4 is 11.8 Å². The maximum atomic E-state index is 5.63. The van der Waals surface area contributed by atoms with Crippen molar-refractivity contribution in [2.24, 2.45) is 0 Å². The molecular formula is C15H19N. The molecule has 0 saturated carbocycles. The van der Waals surface area contributed by atoms with E-state index in [2.05, 4.69) is 37.3 Å². The summed E-state index contributed by atoms with van der Waals surface area (Å²) in [6.07, 6.45) is 11.6. The first-order chi connectivity index (χ1) is 7.76. The van der Waals surface area contributed by atoms with E-state index in [0.717, 1.165) is 12.1 Å². The fraction of sp³-hybridized carbons (Fsp3) is 0.200. The van der Waals surface area contributed by atoms with Crippen LogP contribution in [0.15, 0.2) is 54.1 Å². The van der Waals surface area contributed by atoms with Gasteiger partial charge in [-0.3, -0.25) is 0 Å². The third-order valence-corrected chi connectivity index (χ3v) is 2.20. The molecule has 0 saturated heterocycles. The van der Waals surface area contributed by atoms with Gasteiger partial charge in [-0.2, -0.15) is 0 Å². The first-order valence-electron chi connectivity index (χ1n) is 5.62. The topological polar surface area (TPSA) is 26.0 Å². The van der Waals surface area contributed by atoms with Gasteiger partial charge in [0.1, 0.15) is 0 Å². The van der Waals surface area contributed by atoms with Gasteiger partial charge in [0.05, 0.1) is 0 Å². The largest absolute Gasteiger partial charge is 0.399 e. The predicted octanol–water partition coefficient (Wildman–Crippen LogP) is 4.19. The van der Waals surface area contributed by atoms with E-state index in [4.69, 9.17) is 5.73 Å². The van der Waals surface area contributed by atoms with E-state index in [9.17, 15) is 0 Å². The van der Waals surface area contributed by atoms with Crippen LogP contribution in [0.2, 0.25) is 0 Å². The lowest BCUT2D eigenvalue weighted by atomic mass is 10.1. The van der Waals surface area contributed by atoms with Crippen LogP contribution >= 0.6 is 0 Å². The van der Waals surface area contributed by atoms with Crippen molar-refractivity contribution in [1.29, 1.82) is 0 Å². The first-order valence-corrected chi connectivity index (χ1v) is 5.62. The molecule has 0 fully saturated rings. The van der Waals surface area contributed by atoms with Gasteiger partial charge in [-0.15, -0.1) is 0 Å². The Morgan fingerprint density at radius 2 is 1.88 bits per heavy atom. The second-order valence-corrected chi connectivity index (χ2v) is 3.61. The molecule has 0 aromatic heterocycles. The highest BCUT2D eigenvalue weighted by molar-refractivity contribution is 5.57. The molecule has 0 heterocycles. The van der Waals surface area contributed by atoms with Crippen molar-refractivity contribution in [3.05, 3.63) is 59.7 Å². The molecular weight excluding hydrogens is 194 g/mol. The van der Waals surface area contributed by atoms with Crippen LogP contribution in [0.1, 0.15) is 25.8 Å². The van der Waals surface area contributed by atoms with Gasteiger partial charge >= 0.3 is 0 Å². The molecule has 0 unspecified atom stereocenters. The number of rotatable bonds is 4. The summed E-state index contributed by atoms with van der Waals surface area (Å²) in [7, 11) is 0. The minimum atomic E-state index is 0.801. The van der Waals surface area contributed by atoms with Crippen LogP contribution in [-0.4, -0.2) is 0 Å². The molecule has 0 radical (unpaired) electrons.